The summed E-state index contributed by atoms with van der Waals surface area (Å²) in [5.74, 6) is -2.60. The molecule has 0 bridgehead atoms. The first kappa shape index (κ1) is 53.9. The SMILES string of the molecule is CCC[C@H](OC1C(NC(C)=O)[C@H](O[C@@H]2CC(CO[C@H]3OC(CO)[C@@H](O)C(n4cc(-c5cccc(F)c5)nn4)C3O)CC(NC(C)=O)C2O[C@@H]2OC(C)[C@@H](O)C(O)C2O)OC(CO)[C@@H]1O)C(=O)N1CCC1. The second-order valence-corrected chi connectivity index (χ2v) is 18.7. The molecule has 4 saturated heterocycles. The largest absolute Gasteiger partial charge is 0.394 e. The highest BCUT2D eigenvalue weighted by Crippen LogP contribution is 2.38. The van der Waals surface area contributed by atoms with Crippen LogP contribution in [0.25, 0.3) is 11.3 Å². The minimum Gasteiger partial charge on any atom is -0.394 e. The molecular weight excluding hydrogens is 932 g/mol. The van der Waals surface area contributed by atoms with E-state index in [0.717, 1.165) is 6.42 Å². The number of halogens is 1. The van der Waals surface area contributed by atoms with Crippen LogP contribution in [0.5, 0.6) is 0 Å². The van der Waals surface area contributed by atoms with E-state index >= 15 is 0 Å². The lowest BCUT2D eigenvalue weighted by atomic mass is 9.81. The van der Waals surface area contributed by atoms with E-state index < -0.39 is 153 Å². The van der Waals surface area contributed by atoms with Gasteiger partial charge in [-0.1, -0.05) is 30.7 Å². The average Bonchev–Trinajstić information content (AvgIpc) is 3.79. The maximum atomic E-state index is 14.1. The number of nitrogens with one attached hydrogen (secondary N) is 2. The summed E-state index contributed by atoms with van der Waals surface area (Å²) in [6.07, 6.45) is -20.1. The topological polar surface area (TPSA) is 336 Å². The summed E-state index contributed by atoms with van der Waals surface area (Å²) in [5, 5.41) is 101. The molecule has 2 aromatic rings. The highest BCUT2D eigenvalue weighted by molar-refractivity contribution is 5.81. The number of aliphatic hydroxyl groups is 8. The fraction of sp³-hybridized carbons (Fsp3) is 0.756. The van der Waals surface area contributed by atoms with Crippen molar-refractivity contribution in [3.8, 4) is 11.3 Å². The van der Waals surface area contributed by atoms with Gasteiger partial charge in [-0.2, -0.15) is 0 Å². The van der Waals surface area contributed by atoms with E-state index in [4.69, 9.17) is 33.2 Å². The standard InChI is InChI=1S/C45H67FN6O18/c1-5-8-28(42(63)51-11-7-12-51)66-41-32(48-22(4)56)43(68-31(18-54)36(41)59)67-29-14-23(13-26(47-21(3)55)40(29)70-45-39(62)38(61)34(57)20(2)65-45)19-64-44-37(60)33(35(58)30(17-53)69-44)52-16-27(49-50-52)24-9-6-10-25(46)15-24/h6,9-10,15-16,20,23,26,28-41,43-45,53-54,57-62H,5,7-8,11-14,17-19H2,1-4H3,(H,47,55)(H,48,56)/t20?,23?,26?,28-,29+,30?,31?,32?,33?,34+,35+,36-,37?,38?,39?,40?,41?,43+,44-,45-/m0/s1. The Morgan fingerprint density at radius 3 is 2.19 bits per heavy atom. The fourth-order valence-electron chi connectivity index (χ4n) is 9.75. The van der Waals surface area contributed by atoms with Gasteiger partial charge in [0.25, 0.3) is 5.91 Å². The summed E-state index contributed by atoms with van der Waals surface area (Å²) in [6.45, 7) is 5.11. The highest BCUT2D eigenvalue weighted by atomic mass is 19.1. The van der Waals surface area contributed by atoms with Crippen molar-refractivity contribution in [2.24, 2.45) is 5.92 Å². The molecule has 5 aliphatic rings. The molecule has 1 aromatic carbocycles. The summed E-state index contributed by atoms with van der Waals surface area (Å²) in [7, 11) is 0. The summed E-state index contributed by atoms with van der Waals surface area (Å²) in [4.78, 5) is 41.0. The molecule has 1 aromatic heterocycles. The number of hydrogen-bond donors (Lipinski definition) is 10. The Morgan fingerprint density at radius 1 is 0.843 bits per heavy atom. The molecule has 70 heavy (non-hydrogen) atoms. The Bertz CT molecular complexity index is 2060. The van der Waals surface area contributed by atoms with Gasteiger partial charge in [0.05, 0.1) is 44.3 Å². The maximum Gasteiger partial charge on any atom is 0.251 e. The molecule has 25 heteroatoms. The predicted molar refractivity (Wildman–Crippen MR) is 235 cm³/mol. The predicted octanol–water partition coefficient (Wildman–Crippen LogP) is -3.04. The number of carbonyl (C=O) groups excluding carboxylic acids is 3. The van der Waals surface area contributed by atoms with Gasteiger partial charge in [0.1, 0.15) is 90.7 Å². The minimum absolute atomic E-state index is 0.0426. The van der Waals surface area contributed by atoms with E-state index in [9.17, 15) is 59.6 Å². The minimum atomic E-state index is -1.79. The molecular formula is C45H67FN6O18. The average molecular weight is 999 g/mol. The molecule has 10 N–H and O–H groups in total. The van der Waals surface area contributed by atoms with Gasteiger partial charge in [-0.05, 0) is 50.7 Å². The molecule has 7 rings (SSSR count). The molecule has 24 nitrogen and oxygen atoms in total. The Labute approximate surface area is 402 Å². The van der Waals surface area contributed by atoms with Crippen LogP contribution in [-0.4, -0.2) is 222 Å². The lowest BCUT2D eigenvalue weighted by Crippen LogP contribution is -2.68. The number of amides is 3. The van der Waals surface area contributed by atoms with Crippen LogP contribution in [0.2, 0.25) is 0 Å². The number of rotatable bonds is 18. The van der Waals surface area contributed by atoms with Crippen molar-refractivity contribution >= 4 is 17.7 Å². The highest BCUT2D eigenvalue weighted by Gasteiger charge is 2.54. The lowest BCUT2D eigenvalue weighted by molar-refractivity contribution is -0.337. The van der Waals surface area contributed by atoms with Gasteiger partial charge >= 0.3 is 0 Å². The molecule has 5 fully saturated rings. The van der Waals surface area contributed by atoms with Crippen molar-refractivity contribution in [3.05, 3.63) is 36.3 Å². The number of ether oxygens (including phenoxy) is 7. The normalized spacial score (nSPS) is 38.4. The van der Waals surface area contributed by atoms with E-state index in [2.05, 4.69) is 20.9 Å². The first-order chi connectivity index (χ1) is 33.4. The number of hydrogen-bond acceptors (Lipinski definition) is 20. The van der Waals surface area contributed by atoms with Crippen LogP contribution in [0.1, 0.15) is 65.8 Å². The van der Waals surface area contributed by atoms with Crippen LogP contribution < -0.4 is 10.6 Å². The number of aliphatic hydroxyl groups excluding tert-OH is 8. The smallest absolute Gasteiger partial charge is 0.251 e. The monoisotopic (exact) mass is 998 g/mol. The number of likely N-dealkylation sites (tertiary alicyclic amines) is 1. The van der Waals surface area contributed by atoms with Crippen LogP contribution >= 0.6 is 0 Å². The summed E-state index contributed by atoms with van der Waals surface area (Å²) in [6, 6.07) is 1.94. The van der Waals surface area contributed by atoms with Crippen molar-refractivity contribution in [1.82, 2.24) is 30.5 Å². The molecule has 4 aliphatic heterocycles. The molecule has 5 heterocycles. The Morgan fingerprint density at radius 2 is 1.54 bits per heavy atom. The third kappa shape index (κ3) is 12.1. The Hall–Kier alpha value is -3.90. The van der Waals surface area contributed by atoms with Gasteiger partial charge in [0.2, 0.25) is 11.8 Å². The van der Waals surface area contributed by atoms with E-state index in [1.54, 1.807) is 11.0 Å². The third-order valence-corrected chi connectivity index (χ3v) is 13.5. The molecule has 392 valence electrons. The number of carbonyl (C=O) groups is 3. The van der Waals surface area contributed by atoms with Crippen LogP contribution in [0, 0.1) is 11.7 Å². The lowest BCUT2D eigenvalue weighted by Gasteiger charge is -2.49. The Balaban J connectivity index is 1.18. The summed E-state index contributed by atoms with van der Waals surface area (Å²) in [5.41, 5.74) is 0.600. The number of aromatic nitrogens is 3. The van der Waals surface area contributed by atoms with Gasteiger partial charge in [0.15, 0.2) is 18.9 Å². The fourth-order valence-corrected chi connectivity index (χ4v) is 9.75. The van der Waals surface area contributed by atoms with Crippen molar-refractivity contribution in [2.75, 3.05) is 32.9 Å². The van der Waals surface area contributed by atoms with Gasteiger partial charge in [-0.3, -0.25) is 14.4 Å². The van der Waals surface area contributed by atoms with Crippen molar-refractivity contribution in [3.63, 3.8) is 0 Å². The van der Waals surface area contributed by atoms with Crippen LogP contribution in [-0.2, 0) is 47.5 Å². The Kier molecular flexibility index (Phi) is 18.3. The maximum absolute atomic E-state index is 14.1. The summed E-state index contributed by atoms with van der Waals surface area (Å²) >= 11 is 0. The molecule has 12 unspecified atom stereocenters. The van der Waals surface area contributed by atoms with Crippen molar-refractivity contribution in [1.29, 1.82) is 0 Å². The molecule has 1 aliphatic carbocycles. The molecule has 0 spiro atoms. The van der Waals surface area contributed by atoms with Crippen molar-refractivity contribution in [2.45, 2.75) is 176 Å². The van der Waals surface area contributed by atoms with Crippen molar-refractivity contribution < 1.29 is 92.8 Å². The zero-order valence-corrected chi connectivity index (χ0v) is 39.3. The zero-order chi connectivity index (χ0) is 50.6. The zero-order valence-electron chi connectivity index (χ0n) is 39.3. The first-order valence-electron chi connectivity index (χ1n) is 23.8. The van der Waals surface area contributed by atoms with E-state index in [-0.39, 0.29) is 37.5 Å². The molecule has 0 radical (unpaired) electrons. The van der Waals surface area contributed by atoms with Crippen LogP contribution in [0.4, 0.5) is 4.39 Å². The second kappa shape index (κ2) is 23.8. The third-order valence-electron chi connectivity index (χ3n) is 13.5. The summed E-state index contributed by atoms with van der Waals surface area (Å²) < 4.78 is 58.8. The van der Waals surface area contributed by atoms with Crippen LogP contribution in [0.3, 0.4) is 0 Å². The second-order valence-electron chi connectivity index (χ2n) is 18.7. The molecule has 1 saturated carbocycles. The van der Waals surface area contributed by atoms with Gasteiger partial charge in [-0.25, -0.2) is 9.07 Å². The number of nitrogens with zero attached hydrogens (tertiary/aromatic N) is 4. The van der Waals surface area contributed by atoms with Gasteiger partial charge < -0.3 is 89.5 Å². The van der Waals surface area contributed by atoms with E-state index in [0.29, 0.717) is 25.1 Å². The van der Waals surface area contributed by atoms with Gasteiger partial charge in [-0.15, -0.1) is 5.10 Å². The van der Waals surface area contributed by atoms with Gasteiger partial charge in [0, 0.05) is 32.5 Å². The van der Waals surface area contributed by atoms with E-state index in [1.165, 1.54) is 49.8 Å². The first-order valence-corrected chi connectivity index (χ1v) is 23.8. The van der Waals surface area contributed by atoms with E-state index in [1.807, 2.05) is 6.92 Å². The van der Waals surface area contributed by atoms with Crippen LogP contribution in [0.15, 0.2) is 30.5 Å². The number of benzene rings is 1. The molecule has 3 amide bonds. The molecule has 20 atom stereocenters. The quantitative estimate of drug-likeness (QED) is 0.0710.